The van der Waals surface area contributed by atoms with Crippen molar-refractivity contribution in [2.75, 3.05) is 13.1 Å². The zero-order valence-corrected chi connectivity index (χ0v) is 12.6. The van der Waals surface area contributed by atoms with Gasteiger partial charge in [-0.1, -0.05) is 13.8 Å². The van der Waals surface area contributed by atoms with Crippen molar-refractivity contribution >= 4 is 17.1 Å². The van der Waals surface area contributed by atoms with Crippen molar-refractivity contribution in [1.82, 2.24) is 9.88 Å². The summed E-state index contributed by atoms with van der Waals surface area (Å²) in [6.45, 7) is 7.64. The Morgan fingerprint density at radius 3 is 2.63 bits per heavy atom. The molecule has 106 valence electrons. The molecule has 1 aliphatic heterocycles. The predicted octanol–water partition coefficient (Wildman–Crippen LogP) is 2.98. The molecule has 0 aliphatic carbocycles. The van der Waals surface area contributed by atoms with E-state index < -0.39 is 5.67 Å². The number of thiazole rings is 1. The van der Waals surface area contributed by atoms with Crippen molar-refractivity contribution in [3.63, 3.8) is 0 Å². The van der Waals surface area contributed by atoms with Gasteiger partial charge in [0.1, 0.15) is 0 Å². The number of carbonyl (C=O) groups excluding carboxylic acids is 1. The van der Waals surface area contributed by atoms with E-state index in [1.54, 1.807) is 25.2 Å². The number of aromatic nitrogens is 1. The van der Waals surface area contributed by atoms with Gasteiger partial charge in [0.25, 0.3) is 0 Å². The van der Waals surface area contributed by atoms with E-state index in [0.29, 0.717) is 25.9 Å². The fraction of sp³-hybridized carbons (Fsp3) is 0.714. The monoisotopic (exact) mass is 284 g/mol. The number of piperidine rings is 1. The normalized spacial score (nSPS) is 19.8. The molecule has 0 spiro atoms. The van der Waals surface area contributed by atoms with Crippen LogP contribution in [0.25, 0.3) is 0 Å². The molecular weight excluding hydrogens is 263 g/mol. The van der Waals surface area contributed by atoms with E-state index in [4.69, 9.17) is 0 Å². The van der Waals surface area contributed by atoms with Crippen molar-refractivity contribution in [3.05, 3.63) is 16.1 Å². The van der Waals surface area contributed by atoms with E-state index in [1.807, 2.05) is 13.1 Å². The fourth-order valence-electron chi connectivity index (χ4n) is 2.53. The quantitative estimate of drug-likeness (QED) is 0.852. The summed E-state index contributed by atoms with van der Waals surface area (Å²) >= 11 is 1.68. The van der Waals surface area contributed by atoms with Gasteiger partial charge in [-0.15, -0.1) is 11.3 Å². The van der Waals surface area contributed by atoms with Crippen LogP contribution in [0.2, 0.25) is 0 Å². The maximum Gasteiger partial charge on any atom is 0.172 e. The summed E-state index contributed by atoms with van der Waals surface area (Å²) in [7, 11) is 0. The molecule has 1 aliphatic rings. The number of alkyl halides is 1. The zero-order valence-electron chi connectivity index (χ0n) is 11.8. The molecule has 0 N–H and O–H groups in total. The first-order valence-electron chi connectivity index (χ1n) is 6.77. The van der Waals surface area contributed by atoms with Gasteiger partial charge in [-0.05, 0) is 6.92 Å². The SMILES string of the molecule is Cc1ncc(CN2CCC(F)(C(=O)C(C)C)CC2)s1. The van der Waals surface area contributed by atoms with Gasteiger partial charge in [-0.25, -0.2) is 9.37 Å². The molecule has 0 bridgehead atoms. The highest BCUT2D eigenvalue weighted by atomic mass is 32.1. The number of likely N-dealkylation sites (tertiary alicyclic amines) is 1. The van der Waals surface area contributed by atoms with E-state index >= 15 is 0 Å². The van der Waals surface area contributed by atoms with Crippen molar-refractivity contribution in [2.24, 2.45) is 5.92 Å². The molecule has 1 fully saturated rings. The highest BCUT2D eigenvalue weighted by molar-refractivity contribution is 7.11. The van der Waals surface area contributed by atoms with Crippen LogP contribution in [0.1, 0.15) is 36.6 Å². The first kappa shape index (κ1) is 14.6. The Morgan fingerprint density at radius 1 is 1.53 bits per heavy atom. The van der Waals surface area contributed by atoms with Gasteiger partial charge in [-0.3, -0.25) is 9.69 Å². The minimum Gasteiger partial charge on any atom is -0.298 e. The van der Waals surface area contributed by atoms with Crippen LogP contribution in [-0.2, 0) is 11.3 Å². The first-order chi connectivity index (χ1) is 8.90. The Hall–Kier alpha value is -0.810. The second-order valence-corrected chi connectivity index (χ2v) is 6.93. The third-order valence-electron chi connectivity index (χ3n) is 3.66. The number of nitrogens with zero attached hydrogens (tertiary/aromatic N) is 2. The summed E-state index contributed by atoms with van der Waals surface area (Å²) in [5, 5.41) is 1.06. The maximum atomic E-state index is 14.5. The van der Waals surface area contributed by atoms with Crippen LogP contribution in [0, 0.1) is 12.8 Å². The van der Waals surface area contributed by atoms with Crippen LogP contribution in [0.4, 0.5) is 4.39 Å². The summed E-state index contributed by atoms with van der Waals surface area (Å²) in [6.07, 6.45) is 2.53. The molecule has 3 nitrogen and oxygen atoms in total. The number of hydrogen-bond acceptors (Lipinski definition) is 4. The van der Waals surface area contributed by atoms with Gasteiger partial charge in [0, 0.05) is 49.5 Å². The molecule has 0 amide bonds. The minimum atomic E-state index is -1.60. The summed E-state index contributed by atoms with van der Waals surface area (Å²) < 4.78 is 14.5. The van der Waals surface area contributed by atoms with Gasteiger partial charge >= 0.3 is 0 Å². The number of halogens is 1. The van der Waals surface area contributed by atoms with Crippen LogP contribution < -0.4 is 0 Å². The van der Waals surface area contributed by atoms with Crippen LogP contribution in [0.5, 0.6) is 0 Å². The molecule has 0 atom stereocenters. The van der Waals surface area contributed by atoms with Gasteiger partial charge in [0.05, 0.1) is 5.01 Å². The second kappa shape index (κ2) is 5.67. The van der Waals surface area contributed by atoms with E-state index in [0.717, 1.165) is 11.6 Å². The highest BCUT2D eigenvalue weighted by Crippen LogP contribution is 2.31. The van der Waals surface area contributed by atoms with Gasteiger partial charge in [0.2, 0.25) is 0 Å². The van der Waals surface area contributed by atoms with Crippen LogP contribution in [0.15, 0.2) is 6.20 Å². The standard InChI is InChI=1S/C14H21FN2OS/c1-10(2)13(18)14(15)4-6-17(7-5-14)9-12-8-16-11(3)19-12/h8,10H,4-7,9H2,1-3H3. The number of hydrogen-bond donors (Lipinski definition) is 0. The Balaban J connectivity index is 1.90. The van der Waals surface area contributed by atoms with E-state index in [-0.39, 0.29) is 11.7 Å². The molecule has 1 aromatic heterocycles. The average molecular weight is 284 g/mol. The van der Waals surface area contributed by atoms with Gasteiger partial charge < -0.3 is 0 Å². The smallest absolute Gasteiger partial charge is 0.172 e. The predicted molar refractivity (Wildman–Crippen MR) is 75.0 cm³/mol. The Kier molecular flexibility index (Phi) is 4.36. The molecule has 19 heavy (non-hydrogen) atoms. The number of rotatable bonds is 4. The molecule has 0 radical (unpaired) electrons. The molecule has 5 heteroatoms. The molecule has 2 heterocycles. The second-order valence-electron chi connectivity index (χ2n) is 5.61. The number of ketones is 1. The molecule has 2 rings (SSSR count). The lowest BCUT2D eigenvalue weighted by Gasteiger charge is -2.36. The van der Waals surface area contributed by atoms with E-state index in [2.05, 4.69) is 9.88 Å². The lowest BCUT2D eigenvalue weighted by molar-refractivity contribution is -0.137. The number of carbonyl (C=O) groups is 1. The summed E-state index contributed by atoms with van der Waals surface area (Å²) in [5.74, 6) is -0.457. The summed E-state index contributed by atoms with van der Waals surface area (Å²) in [5.41, 5.74) is -1.60. The first-order valence-corrected chi connectivity index (χ1v) is 7.59. The lowest BCUT2D eigenvalue weighted by Crippen LogP contribution is -2.47. The fourth-order valence-corrected chi connectivity index (χ4v) is 3.37. The third kappa shape index (κ3) is 3.39. The molecule has 1 aromatic rings. The molecule has 0 aromatic carbocycles. The van der Waals surface area contributed by atoms with E-state index in [1.165, 1.54) is 4.88 Å². The molecular formula is C14H21FN2OS. The van der Waals surface area contributed by atoms with Crippen LogP contribution in [-0.4, -0.2) is 34.4 Å². The number of Topliss-reactive ketones (excluding diaryl/α,β-unsaturated/α-hetero) is 1. The van der Waals surface area contributed by atoms with Crippen molar-refractivity contribution in [3.8, 4) is 0 Å². The summed E-state index contributed by atoms with van der Waals surface area (Å²) in [6, 6.07) is 0. The number of aryl methyl sites for hydroxylation is 1. The van der Waals surface area contributed by atoms with E-state index in [9.17, 15) is 9.18 Å². The van der Waals surface area contributed by atoms with Crippen LogP contribution in [0.3, 0.4) is 0 Å². The Bertz CT molecular complexity index is 450. The van der Waals surface area contributed by atoms with Crippen molar-refractivity contribution < 1.29 is 9.18 Å². The lowest BCUT2D eigenvalue weighted by atomic mass is 9.84. The topological polar surface area (TPSA) is 33.2 Å². The average Bonchev–Trinajstić information content (AvgIpc) is 2.77. The highest BCUT2D eigenvalue weighted by Gasteiger charge is 2.42. The molecule has 0 unspecified atom stereocenters. The Morgan fingerprint density at radius 2 is 2.16 bits per heavy atom. The maximum absolute atomic E-state index is 14.5. The Labute approximate surface area is 117 Å². The molecule has 0 saturated carbocycles. The third-order valence-corrected chi connectivity index (χ3v) is 4.56. The van der Waals surface area contributed by atoms with Gasteiger partial charge in [-0.2, -0.15) is 0 Å². The zero-order chi connectivity index (χ0) is 14.0. The summed E-state index contributed by atoms with van der Waals surface area (Å²) in [4.78, 5) is 19.5. The molecule has 1 saturated heterocycles. The largest absolute Gasteiger partial charge is 0.298 e. The minimum absolute atomic E-state index is 0.222. The van der Waals surface area contributed by atoms with Gasteiger partial charge in [0.15, 0.2) is 11.5 Å². The van der Waals surface area contributed by atoms with Crippen molar-refractivity contribution in [2.45, 2.75) is 45.8 Å². The van der Waals surface area contributed by atoms with Crippen molar-refractivity contribution in [1.29, 1.82) is 0 Å². The van der Waals surface area contributed by atoms with Crippen LogP contribution >= 0.6 is 11.3 Å².